The van der Waals surface area contributed by atoms with Gasteiger partial charge in [0.15, 0.2) is 0 Å². The van der Waals surface area contributed by atoms with Crippen LogP contribution < -0.4 is 5.32 Å². The molecule has 4 nitrogen and oxygen atoms in total. The molecule has 1 amide bonds. The summed E-state index contributed by atoms with van der Waals surface area (Å²) in [6, 6.07) is 9.21. The van der Waals surface area contributed by atoms with Crippen molar-refractivity contribution in [2.75, 3.05) is 16.8 Å². The molecule has 1 heterocycles. The second kappa shape index (κ2) is 4.87. The van der Waals surface area contributed by atoms with Gasteiger partial charge in [0.05, 0.1) is 11.5 Å². The molecule has 0 spiro atoms. The van der Waals surface area contributed by atoms with Crippen LogP contribution in [-0.2, 0) is 14.6 Å². The van der Waals surface area contributed by atoms with Crippen LogP contribution in [-0.4, -0.2) is 25.8 Å². The summed E-state index contributed by atoms with van der Waals surface area (Å²) in [5.41, 5.74) is 0.755. The molecule has 17 heavy (non-hydrogen) atoms. The van der Waals surface area contributed by atoms with Crippen molar-refractivity contribution in [1.29, 1.82) is 0 Å². The molecule has 0 aliphatic carbocycles. The van der Waals surface area contributed by atoms with Crippen LogP contribution >= 0.6 is 0 Å². The van der Waals surface area contributed by atoms with Crippen molar-refractivity contribution in [2.45, 2.75) is 12.8 Å². The Morgan fingerprint density at radius 2 is 1.71 bits per heavy atom. The lowest BCUT2D eigenvalue weighted by atomic mass is 10.0. The van der Waals surface area contributed by atoms with Gasteiger partial charge in [-0.15, -0.1) is 0 Å². The lowest BCUT2D eigenvalue weighted by Crippen LogP contribution is -2.31. The zero-order chi connectivity index (χ0) is 12.3. The van der Waals surface area contributed by atoms with Crippen molar-refractivity contribution >= 4 is 21.4 Å². The maximum Gasteiger partial charge on any atom is 0.227 e. The molecule has 2 rings (SSSR count). The number of hydrogen-bond donors (Lipinski definition) is 1. The summed E-state index contributed by atoms with van der Waals surface area (Å²) in [6.07, 6.45) is 0.863. The monoisotopic (exact) mass is 253 g/mol. The second-order valence-electron chi connectivity index (χ2n) is 4.28. The van der Waals surface area contributed by atoms with E-state index in [0.29, 0.717) is 12.8 Å². The van der Waals surface area contributed by atoms with Gasteiger partial charge in [0, 0.05) is 11.6 Å². The van der Waals surface area contributed by atoms with Crippen molar-refractivity contribution in [3.05, 3.63) is 30.3 Å². The number of amides is 1. The number of hydrogen-bond acceptors (Lipinski definition) is 3. The molecule has 5 heteroatoms. The molecular formula is C12H15NO3S. The highest BCUT2D eigenvalue weighted by molar-refractivity contribution is 7.91. The molecule has 1 aromatic carbocycles. The molecule has 1 N–H and O–H groups in total. The average Bonchev–Trinajstić information content (AvgIpc) is 2.30. The number of nitrogens with one attached hydrogen (secondary N) is 1. The van der Waals surface area contributed by atoms with Crippen molar-refractivity contribution in [3.63, 3.8) is 0 Å². The predicted octanol–water partition coefficient (Wildman–Crippen LogP) is 1.45. The van der Waals surface area contributed by atoms with Crippen LogP contribution in [0.15, 0.2) is 30.3 Å². The first-order valence-electron chi connectivity index (χ1n) is 5.63. The summed E-state index contributed by atoms with van der Waals surface area (Å²) in [5, 5.41) is 2.81. The molecule has 1 aromatic rings. The van der Waals surface area contributed by atoms with E-state index in [0.717, 1.165) is 5.69 Å². The SMILES string of the molecule is O=C(Nc1ccccc1)C1CCS(=O)(=O)CC1. The van der Waals surface area contributed by atoms with E-state index < -0.39 is 9.84 Å². The Balaban J connectivity index is 1.94. The van der Waals surface area contributed by atoms with Gasteiger partial charge in [-0.05, 0) is 25.0 Å². The summed E-state index contributed by atoms with van der Waals surface area (Å²) in [6.45, 7) is 0. The number of anilines is 1. The number of para-hydroxylation sites is 1. The fourth-order valence-electron chi connectivity index (χ4n) is 1.92. The van der Waals surface area contributed by atoms with Crippen molar-refractivity contribution in [2.24, 2.45) is 5.92 Å². The fourth-order valence-corrected chi connectivity index (χ4v) is 3.41. The van der Waals surface area contributed by atoms with Crippen LogP contribution in [0.1, 0.15) is 12.8 Å². The summed E-state index contributed by atoms with van der Waals surface area (Å²) in [4.78, 5) is 11.9. The molecule has 0 bridgehead atoms. The van der Waals surface area contributed by atoms with Gasteiger partial charge in [-0.25, -0.2) is 8.42 Å². The molecule has 1 saturated heterocycles. The Hall–Kier alpha value is -1.36. The first-order valence-corrected chi connectivity index (χ1v) is 7.45. The van der Waals surface area contributed by atoms with Crippen LogP contribution in [0.2, 0.25) is 0 Å². The Labute approximate surface area is 101 Å². The normalized spacial score (nSPS) is 19.8. The van der Waals surface area contributed by atoms with Gasteiger partial charge in [0.25, 0.3) is 0 Å². The molecule has 0 saturated carbocycles. The molecule has 1 aliphatic heterocycles. The van der Waals surface area contributed by atoms with E-state index in [2.05, 4.69) is 5.32 Å². The third-order valence-corrected chi connectivity index (χ3v) is 4.68. The van der Waals surface area contributed by atoms with E-state index in [1.54, 1.807) is 0 Å². The van der Waals surface area contributed by atoms with Gasteiger partial charge in [-0.1, -0.05) is 18.2 Å². The van der Waals surface area contributed by atoms with Crippen LogP contribution in [0, 0.1) is 5.92 Å². The molecule has 0 aromatic heterocycles. The summed E-state index contributed by atoms with van der Waals surface area (Å²) >= 11 is 0. The molecule has 0 atom stereocenters. The van der Waals surface area contributed by atoms with Gasteiger partial charge >= 0.3 is 0 Å². The predicted molar refractivity (Wildman–Crippen MR) is 66.4 cm³/mol. The molecular weight excluding hydrogens is 238 g/mol. The Morgan fingerprint density at radius 1 is 1.12 bits per heavy atom. The minimum absolute atomic E-state index is 0.0777. The first-order chi connectivity index (χ1) is 8.07. The molecule has 0 radical (unpaired) electrons. The maximum absolute atomic E-state index is 11.9. The number of carbonyl (C=O) groups excluding carboxylic acids is 1. The van der Waals surface area contributed by atoms with Gasteiger partial charge in [-0.2, -0.15) is 0 Å². The fraction of sp³-hybridized carbons (Fsp3) is 0.417. The van der Waals surface area contributed by atoms with Crippen molar-refractivity contribution < 1.29 is 13.2 Å². The molecule has 0 unspecified atom stereocenters. The Bertz CT molecular complexity index is 482. The van der Waals surface area contributed by atoms with Crippen LogP contribution in [0.3, 0.4) is 0 Å². The summed E-state index contributed by atoms with van der Waals surface area (Å²) in [7, 11) is -2.90. The molecule has 1 fully saturated rings. The van der Waals surface area contributed by atoms with E-state index in [9.17, 15) is 13.2 Å². The maximum atomic E-state index is 11.9. The van der Waals surface area contributed by atoms with E-state index in [-0.39, 0.29) is 23.3 Å². The highest BCUT2D eigenvalue weighted by Crippen LogP contribution is 2.20. The topological polar surface area (TPSA) is 63.2 Å². The van der Waals surface area contributed by atoms with Crippen LogP contribution in [0.4, 0.5) is 5.69 Å². The van der Waals surface area contributed by atoms with Gasteiger partial charge in [-0.3, -0.25) is 4.79 Å². The third-order valence-electron chi connectivity index (χ3n) is 2.97. The van der Waals surface area contributed by atoms with E-state index in [4.69, 9.17) is 0 Å². The highest BCUT2D eigenvalue weighted by atomic mass is 32.2. The molecule has 92 valence electrons. The minimum Gasteiger partial charge on any atom is -0.326 e. The van der Waals surface area contributed by atoms with Crippen LogP contribution in [0.5, 0.6) is 0 Å². The first kappa shape index (κ1) is 12.1. The lowest BCUT2D eigenvalue weighted by molar-refractivity contribution is -0.120. The Morgan fingerprint density at radius 3 is 2.29 bits per heavy atom. The highest BCUT2D eigenvalue weighted by Gasteiger charge is 2.28. The van der Waals surface area contributed by atoms with E-state index >= 15 is 0 Å². The zero-order valence-corrected chi connectivity index (χ0v) is 10.2. The molecule has 1 aliphatic rings. The van der Waals surface area contributed by atoms with E-state index in [1.807, 2.05) is 30.3 Å². The lowest BCUT2D eigenvalue weighted by Gasteiger charge is -2.21. The second-order valence-corrected chi connectivity index (χ2v) is 6.59. The van der Waals surface area contributed by atoms with Crippen LogP contribution in [0.25, 0.3) is 0 Å². The largest absolute Gasteiger partial charge is 0.326 e. The summed E-state index contributed by atoms with van der Waals surface area (Å²) in [5.74, 6) is -0.00966. The van der Waals surface area contributed by atoms with Gasteiger partial charge in [0.1, 0.15) is 9.84 Å². The smallest absolute Gasteiger partial charge is 0.227 e. The average molecular weight is 253 g/mol. The van der Waals surface area contributed by atoms with Crippen molar-refractivity contribution in [3.8, 4) is 0 Å². The number of rotatable bonds is 2. The van der Waals surface area contributed by atoms with Gasteiger partial charge in [0.2, 0.25) is 5.91 Å². The third kappa shape index (κ3) is 3.30. The number of benzene rings is 1. The minimum atomic E-state index is -2.90. The van der Waals surface area contributed by atoms with Gasteiger partial charge < -0.3 is 5.32 Å². The zero-order valence-electron chi connectivity index (χ0n) is 9.43. The Kier molecular flexibility index (Phi) is 3.47. The number of carbonyl (C=O) groups is 1. The summed E-state index contributed by atoms with van der Waals surface area (Å²) < 4.78 is 22.5. The van der Waals surface area contributed by atoms with E-state index in [1.165, 1.54) is 0 Å². The quantitative estimate of drug-likeness (QED) is 0.867. The standard InChI is InChI=1S/C12H15NO3S/c14-12(13-11-4-2-1-3-5-11)10-6-8-17(15,16)9-7-10/h1-5,10H,6-9H2,(H,13,14). The number of sulfone groups is 1. The van der Waals surface area contributed by atoms with Crippen molar-refractivity contribution in [1.82, 2.24) is 0 Å².